The summed E-state index contributed by atoms with van der Waals surface area (Å²) in [5.41, 5.74) is 4.64. The Bertz CT molecular complexity index is 913. The quantitative estimate of drug-likeness (QED) is 0.892. The van der Waals surface area contributed by atoms with E-state index >= 15 is 0 Å². The molecule has 0 spiro atoms. The lowest BCUT2D eigenvalue weighted by molar-refractivity contribution is -0.132. The smallest absolute Gasteiger partial charge is 0.314 e. The highest BCUT2D eigenvalue weighted by atomic mass is 16.2. The third-order valence-electron chi connectivity index (χ3n) is 5.17. The molecule has 1 aromatic carbocycles. The van der Waals surface area contributed by atoms with Gasteiger partial charge in [-0.3, -0.25) is 9.78 Å². The summed E-state index contributed by atoms with van der Waals surface area (Å²) in [6.45, 7) is 5.59. The van der Waals surface area contributed by atoms with Gasteiger partial charge >= 0.3 is 6.03 Å². The molecule has 0 saturated heterocycles. The van der Waals surface area contributed by atoms with Gasteiger partial charge in [0.05, 0.1) is 18.0 Å². The summed E-state index contributed by atoms with van der Waals surface area (Å²) in [6.07, 6.45) is 2.22. The molecule has 0 saturated carbocycles. The van der Waals surface area contributed by atoms with E-state index in [9.17, 15) is 9.59 Å². The fraction of sp³-hybridized carbons (Fsp3) is 0.333. The number of amides is 3. The molecule has 2 aromatic rings. The van der Waals surface area contributed by atoms with Crippen LogP contribution in [0.25, 0.3) is 0 Å². The summed E-state index contributed by atoms with van der Waals surface area (Å²) in [5.74, 6) is 0.134. The predicted molar refractivity (Wildman–Crippen MR) is 107 cm³/mol. The molecule has 144 valence electrons. The van der Waals surface area contributed by atoms with Crippen LogP contribution in [0.2, 0.25) is 0 Å². The second kappa shape index (κ2) is 7.42. The summed E-state index contributed by atoms with van der Waals surface area (Å²) in [5, 5.41) is 8.97. The lowest BCUT2D eigenvalue weighted by Gasteiger charge is -2.26. The minimum atomic E-state index is -0.142. The van der Waals surface area contributed by atoms with Crippen LogP contribution in [0.5, 0.6) is 0 Å². The predicted octanol–water partition coefficient (Wildman–Crippen LogP) is 3.22. The minimum absolute atomic E-state index is 0.0590. The molecule has 1 aromatic heterocycles. The average Bonchev–Trinajstić information content (AvgIpc) is 3.13. The SMILES string of the molecule is CCN1N=C(c2ccc(NC(=O)N3Cc4cccnc4C3)cc2)C(C)CC1=O. The van der Waals surface area contributed by atoms with Crippen LogP contribution < -0.4 is 5.32 Å². The second-order valence-electron chi connectivity index (χ2n) is 7.17. The van der Waals surface area contributed by atoms with Crippen molar-refractivity contribution in [2.45, 2.75) is 33.4 Å². The van der Waals surface area contributed by atoms with Crippen LogP contribution in [0.4, 0.5) is 10.5 Å². The number of anilines is 1. The van der Waals surface area contributed by atoms with Crippen LogP contribution in [0.1, 0.15) is 37.1 Å². The van der Waals surface area contributed by atoms with Gasteiger partial charge in [-0.25, -0.2) is 9.80 Å². The number of carbonyl (C=O) groups is 2. The van der Waals surface area contributed by atoms with Crippen molar-refractivity contribution >= 4 is 23.3 Å². The van der Waals surface area contributed by atoms with E-state index in [4.69, 9.17) is 0 Å². The molecule has 2 aliphatic heterocycles. The van der Waals surface area contributed by atoms with Crippen molar-refractivity contribution in [2.24, 2.45) is 11.0 Å². The van der Waals surface area contributed by atoms with E-state index in [1.807, 2.05) is 50.2 Å². The first-order valence-electron chi connectivity index (χ1n) is 9.53. The number of aromatic nitrogens is 1. The summed E-state index contributed by atoms with van der Waals surface area (Å²) in [7, 11) is 0. The number of urea groups is 1. The van der Waals surface area contributed by atoms with Gasteiger partial charge in [0.25, 0.3) is 0 Å². The molecule has 2 aliphatic rings. The summed E-state index contributed by atoms with van der Waals surface area (Å²) >= 11 is 0. The number of hydrogen-bond acceptors (Lipinski definition) is 4. The maximum Gasteiger partial charge on any atom is 0.322 e. The Hall–Kier alpha value is -3.22. The number of carbonyl (C=O) groups excluding carboxylic acids is 2. The molecule has 0 bridgehead atoms. The summed E-state index contributed by atoms with van der Waals surface area (Å²) < 4.78 is 0. The lowest BCUT2D eigenvalue weighted by atomic mass is 9.93. The number of nitrogens with one attached hydrogen (secondary N) is 1. The molecule has 4 rings (SSSR count). The van der Waals surface area contributed by atoms with Gasteiger partial charge in [0.1, 0.15) is 0 Å². The van der Waals surface area contributed by atoms with Gasteiger partial charge in [-0.15, -0.1) is 0 Å². The van der Waals surface area contributed by atoms with Crippen LogP contribution in [-0.4, -0.2) is 39.1 Å². The van der Waals surface area contributed by atoms with Crippen LogP contribution >= 0.6 is 0 Å². The van der Waals surface area contributed by atoms with Crippen molar-refractivity contribution in [2.75, 3.05) is 11.9 Å². The maximum absolute atomic E-state index is 12.6. The van der Waals surface area contributed by atoms with E-state index in [0.717, 1.165) is 28.2 Å². The minimum Gasteiger partial charge on any atom is -0.314 e. The van der Waals surface area contributed by atoms with Crippen molar-refractivity contribution in [3.05, 3.63) is 59.4 Å². The number of rotatable bonds is 3. The lowest BCUT2D eigenvalue weighted by Crippen LogP contribution is -2.36. The molecular formula is C21H23N5O2. The van der Waals surface area contributed by atoms with E-state index in [1.165, 1.54) is 5.01 Å². The molecule has 1 unspecified atom stereocenters. The van der Waals surface area contributed by atoms with Crippen molar-refractivity contribution in [1.29, 1.82) is 0 Å². The first-order valence-corrected chi connectivity index (χ1v) is 9.53. The molecule has 1 atom stereocenters. The van der Waals surface area contributed by atoms with Gasteiger partial charge in [-0.05, 0) is 36.2 Å². The molecule has 0 aliphatic carbocycles. The number of nitrogens with zero attached hydrogens (tertiary/aromatic N) is 4. The van der Waals surface area contributed by atoms with Crippen molar-refractivity contribution in [3.8, 4) is 0 Å². The second-order valence-corrected chi connectivity index (χ2v) is 7.17. The number of fused-ring (bicyclic) bond motifs is 1. The third-order valence-corrected chi connectivity index (χ3v) is 5.17. The Morgan fingerprint density at radius 1 is 1.21 bits per heavy atom. The largest absolute Gasteiger partial charge is 0.322 e. The zero-order valence-electron chi connectivity index (χ0n) is 16.1. The Balaban J connectivity index is 1.44. The molecule has 3 amide bonds. The van der Waals surface area contributed by atoms with Crippen LogP contribution in [0.3, 0.4) is 0 Å². The Kier molecular flexibility index (Phi) is 4.81. The highest BCUT2D eigenvalue weighted by Gasteiger charge is 2.27. The van der Waals surface area contributed by atoms with E-state index in [-0.39, 0.29) is 17.9 Å². The van der Waals surface area contributed by atoms with E-state index in [0.29, 0.717) is 26.1 Å². The molecule has 0 fully saturated rings. The van der Waals surface area contributed by atoms with Crippen molar-refractivity contribution < 1.29 is 9.59 Å². The fourth-order valence-corrected chi connectivity index (χ4v) is 3.61. The monoisotopic (exact) mass is 377 g/mol. The fourth-order valence-electron chi connectivity index (χ4n) is 3.61. The first kappa shape index (κ1) is 18.2. The maximum atomic E-state index is 12.6. The van der Waals surface area contributed by atoms with Gasteiger partial charge in [0.2, 0.25) is 5.91 Å². The normalized spacial score (nSPS) is 18.7. The van der Waals surface area contributed by atoms with Gasteiger partial charge in [-0.2, -0.15) is 5.10 Å². The number of benzene rings is 1. The number of hydrogen-bond donors (Lipinski definition) is 1. The average molecular weight is 377 g/mol. The third kappa shape index (κ3) is 3.47. The number of hydrazone groups is 1. The Labute approximate surface area is 164 Å². The summed E-state index contributed by atoms with van der Waals surface area (Å²) in [6, 6.07) is 11.4. The van der Waals surface area contributed by atoms with Crippen molar-refractivity contribution in [1.82, 2.24) is 14.9 Å². The standard InChI is InChI=1S/C21H23N5O2/c1-3-26-19(27)11-14(2)20(24-26)15-6-8-17(9-7-15)23-21(28)25-12-16-5-4-10-22-18(16)13-25/h4-10,14H,3,11-13H2,1-2H3,(H,23,28). The van der Waals surface area contributed by atoms with Gasteiger partial charge < -0.3 is 10.2 Å². The van der Waals surface area contributed by atoms with Crippen LogP contribution in [0, 0.1) is 5.92 Å². The van der Waals surface area contributed by atoms with Gasteiger partial charge in [-0.1, -0.05) is 25.1 Å². The zero-order valence-corrected chi connectivity index (χ0v) is 16.1. The summed E-state index contributed by atoms with van der Waals surface area (Å²) in [4.78, 5) is 30.6. The van der Waals surface area contributed by atoms with Crippen molar-refractivity contribution in [3.63, 3.8) is 0 Å². The molecule has 1 N–H and O–H groups in total. The molecule has 3 heterocycles. The van der Waals surface area contributed by atoms with Crippen LogP contribution in [0.15, 0.2) is 47.7 Å². The van der Waals surface area contributed by atoms with Gasteiger partial charge in [0.15, 0.2) is 0 Å². The van der Waals surface area contributed by atoms with E-state index in [2.05, 4.69) is 15.4 Å². The highest BCUT2D eigenvalue weighted by molar-refractivity contribution is 6.06. The number of pyridine rings is 1. The topological polar surface area (TPSA) is 77.9 Å². The molecule has 0 radical (unpaired) electrons. The zero-order chi connectivity index (χ0) is 19.7. The molecule has 28 heavy (non-hydrogen) atoms. The molecule has 7 nitrogen and oxygen atoms in total. The van der Waals surface area contributed by atoms with E-state index in [1.54, 1.807) is 11.1 Å². The molecule has 7 heteroatoms. The Morgan fingerprint density at radius 3 is 2.71 bits per heavy atom. The highest BCUT2D eigenvalue weighted by Crippen LogP contribution is 2.23. The first-order chi connectivity index (χ1) is 13.5. The van der Waals surface area contributed by atoms with Gasteiger partial charge in [0, 0.05) is 37.3 Å². The van der Waals surface area contributed by atoms with E-state index < -0.39 is 0 Å². The van der Waals surface area contributed by atoms with Crippen LogP contribution in [-0.2, 0) is 17.9 Å². The Morgan fingerprint density at radius 2 is 2.00 bits per heavy atom. The molecular weight excluding hydrogens is 354 g/mol.